The minimum atomic E-state index is -0.551. The van der Waals surface area contributed by atoms with Crippen LogP contribution in [0.15, 0.2) is 35.6 Å². The van der Waals surface area contributed by atoms with Crippen LogP contribution in [0.5, 0.6) is 34.5 Å². The molecule has 0 radical (unpaired) electrons. The lowest BCUT2D eigenvalue weighted by molar-refractivity contribution is -0.145. The minimum Gasteiger partial charge on any atom is -0.493 e. The van der Waals surface area contributed by atoms with Crippen molar-refractivity contribution in [3.63, 3.8) is 0 Å². The topological polar surface area (TPSA) is 108 Å². The van der Waals surface area contributed by atoms with Gasteiger partial charge in [-0.2, -0.15) is 0 Å². The Balaban J connectivity index is 1.61. The number of carbonyl (C=O) groups is 2. The largest absolute Gasteiger partial charge is 0.493 e. The van der Waals surface area contributed by atoms with E-state index in [1.807, 2.05) is 0 Å². The molecular formula is C24H22O10. The third-order valence-corrected chi connectivity index (χ3v) is 5.65. The van der Waals surface area contributed by atoms with Gasteiger partial charge in [-0.1, -0.05) is 0 Å². The maximum Gasteiger partial charge on any atom is 0.344 e. The summed E-state index contributed by atoms with van der Waals surface area (Å²) in [4.78, 5) is 24.5. The normalized spacial score (nSPS) is 17.4. The van der Waals surface area contributed by atoms with Crippen molar-refractivity contribution in [3.8, 4) is 34.5 Å². The lowest BCUT2D eigenvalue weighted by Crippen LogP contribution is -2.19. The van der Waals surface area contributed by atoms with Gasteiger partial charge in [0.2, 0.25) is 12.5 Å². The van der Waals surface area contributed by atoms with Crippen LogP contribution in [0.25, 0.3) is 0 Å². The second kappa shape index (κ2) is 8.69. The number of hydrogen-bond acceptors (Lipinski definition) is 10. The van der Waals surface area contributed by atoms with Crippen molar-refractivity contribution in [2.45, 2.75) is 12.8 Å². The number of carbonyl (C=O) groups excluding carboxylic acids is 2. The van der Waals surface area contributed by atoms with Gasteiger partial charge in [0.25, 0.3) is 0 Å². The van der Waals surface area contributed by atoms with Gasteiger partial charge in [0.1, 0.15) is 12.4 Å². The average Bonchev–Trinajstić information content (AvgIpc) is 3.45. The first-order valence-corrected chi connectivity index (χ1v) is 10.6. The first-order valence-electron chi connectivity index (χ1n) is 10.6. The van der Waals surface area contributed by atoms with Crippen molar-refractivity contribution in [2.75, 3.05) is 40.8 Å². The van der Waals surface area contributed by atoms with Crippen LogP contribution in [0.4, 0.5) is 0 Å². The fraction of sp³-hybridized carbons (Fsp3) is 0.333. The van der Waals surface area contributed by atoms with Gasteiger partial charge < -0.3 is 37.9 Å². The molecule has 3 aliphatic rings. The summed E-state index contributed by atoms with van der Waals surface area (Å²) < 4.78 is 44.0. The summed E-state index contributed by atoms with van der Waals surface area (Å²) in [5, 5.41) is 0. The molecule has 0 amide bonds. The number of esters is 2. The number of fused-ring (bicyclic) bond motifs is 2. The molecule has 0 saturated heterocycles. The van der Waals surface area contributed by atoms with Gasteiger partial charge in [0, 0.05) is 17.5 Å². The predicted octanol–water partition coefficient (Wildman–Crippen LogP) is 2.71. The number of ether oxygens (including phenoxy) is 8. The van der Waals surface area contributed by atoms with E-state index in [2.05, 4.69) is 0 Å². The fourth-order valence-electron chi connectivity index (χ4n) is 4.19. The van der Waals surface area contributed by atoms with Crippen molar-refractivity contribution >= 4 is 11.9 Å². The van der Waals surface area contributed by atoms with Crippen molar-refractivity contribution < 1.29 is 47.5 Å². The van der Waals surface area contributed by atoms with E-state index in [0.29, 0.717) is 51.2 Å². The van der Waals surface area contributed by atoms with Crippen LogP contribution in [-0.2, 0) is 19.1 Å². The molecule has 5 rings (SSSR count). The SMILES string of the molecule is CCOC(=O)COc1c(OC)cc(C2C3=C(COC3=O)Oc3cc4c(cc32)OCO4)cc1OC. The van der Waals surface area contributed by atoms with Gasteiger partial charge in [-0.3, -0.25) is 0 Å². The molecule has 10 heteroatoms. The van der Waals surface area contributed by atoms with E-state index < -0.39 is 17.9 Å². The number of cyclic esters (lactones) is 1. The lowest BCUT2D eigenvalue weighted by Gasteiger charge is -2.27. The van der Waals surface area contributed by atoms with E-state index in [9.17, 15) is 9.59 Å². The zero-order chi connectivity index (χ0) is 23.8. The van der Waals surface area contributed by atoms with E-state index in [-0.39, 0.29) is 32.4 Å². The highest BCUT2D eigenvalue weighted by atomic mass is 16.7. The second-order valence-corrected chi connectivity index (χ2v) is 7.54. The standard InChI is InChI=1S/C24H22O10/c1-4-29-20(25)10-30-23-17(27-2)5-12(6-18(23)28-3)21-13-7-15-16(33-11-32-15)8-14(13)34-19-9-31-24(26)22(19)21/h5-8,21H,4,9-11H2,1-3H3. The van der Waals surface area contributed by atoms with Crippen LogP contribution in [0, 0.1) is 0 Å². The summed E-state index contributed by atoms with van der Waals surface area (Å²) >= 11 is 0. The third-order valence-electron chi connectivity index (χ3n) is 5.65. The fourth-order valence-corrected chi connectivity index (χ4v) is 4.19. The Morgan fingerprint density at radius 2 is 1.71 bits per heavy atom. The molecule has 0 saturated carbocycles. The molecule has 34 heavy (non-hydrogen) atoms. The molecule has 0 aliphatic carbocycles. The van der Waals surface area contributed by atoms with Crippen molar-refractivity contribution in [3.05, 3.63) is 46.7 Å². The van der Waals surface area contributed by atoms with Crippen molar-refractivity contribution in [1.82, 2.24) is 0 Å². The first-order chi connectivity index (χ1) is 16.5. The Bertz CT molecular complexity index is 1170. The Morgan fingerprint density at radius 1 is 1.00 bits per heavy atom. The Morgan fingerprint density at radius 3 is 2.38 bits per heavy atom. The lowest BCUT2D eigenvalue weighted by atomic mass is 9.82. The van der Waals surface area contributed by atoms with Crippen LogP contribution < -0.4 is 28.4 Å². The molecule has 0 N–H and O–H groups in total. The Hall–Kier alpha value is -4.08. The highest BCUT2D eigenvalue weighted by Crippen LogP contribution is 2.52. The summed E-state index contributed by atoms with van der Waals surface area (Å²) in [5.74, 6) is 1.42. The quantitative estimate of drug-likeness (QED) is 0.561. The summed E-state index contributed by atoms with van der Waals surface area (Å²) in [5.41, 5.74) is 1.76. The van der Waals surface area contributed by atoms with E-state index in [1.54, 1.807) is 31.2 Å². The molecule has 1 unspecified atom stereocenters. The smallest absolute Gasteiger partial charge is 0.344 e. The minimum absolute atomic E-state index is 0.0353. The average molecular weight is 470 g/mol. The van der Waals surface area contributed by atoms with E-state index in [4.69, 9.17) is 37.9 Å². The van der Waals surface area contributed by atoms with Crippen LogP contribution in [0.2, 0.25) is 0 Å². The summed E-state index contributed by atoms with van der Waals surface area (Å²) in [6, 6.07) is 6.98. The molecule has 0 fully saturated rings. The Labute approximate surface area is 194 Å². The van der Waals surface area contributed by atoms with Crippen LogP contribution in [-0.4, -0.2) is 52.8 Å². The molecule has 10 nitrogen and oxygen atoms in total. The second-order valence-electron chi connectivity index (χ2n) is 7.54. The van der Waals surface area contributed by atoms with Gasteiger partial charge in [0.15, 0.2) is 35.4 Å². The van der Waals surface area contributed by atoms with Gasteiger partial charge in [-0.05, 0) is 30.7 Å². The molecule has 178 valence electrons. The van der Waals surface area contributed by atoms with E-state index in [0.717, 1.165) is 0 Å². The van der Waals surface area contributed by atoms with Gasteiger partial charge in [-0.25, -0.2) is 9.59 Å². The highest BCUT2D eigenvalue weighted by molar-refractivity contribution is 5.95. The van der Waals surface area contributed by atoms with Crippen LogP contribution >= 0.6 is 0 Å². The number of benzene rings is 2. The maximum atomic E-state index is 12.7. The molecule has 2 aromatic rings. The van der Waals surface area contributed by atoms with Gasteiger partial charge in [0.05, 0.1) is 26.4 Å². The van der Waals surface area contributed by atoms with Gasteiger partial charge in [-0.15, -0.1) is 0 Å². The van der Waals surface area contributed by atoms with Crippen molar-refractivity contribution in [1.29, 1.82) is 0 Å². The summed E-state index contributed by atoms with van der Waals surface area (Å²) in [6.45, 7) is 1.78. The maximum absolute atomic E-state index is 12.7. The number of hydrogen-bond donors (Lipinski definition) is 0. The summed E-state index contributed by atoms with van der Waals surface area (Å²) in [6.07, 6.45) is 0. The summed E-state index contributed by atoms with van der Waals surface area (Å²) in [7, 11) is 2.95. The first kappa shape index (κ1) is 21.7. The van der Waals surface area contributed by atoms with E-state index >= 15 is 0 Å². The Kier molecular flexibility index (Phi) is 5.56. The number of rotatable bonds is 7. The molecule has 0 bridgehead atoms. The third kappa shape index (κ3) is 3.60. The molecular weight excluding hydrogens is 448 g/mol. The van der Waals surface area contributed by atoms with E-state index in [1.165, 1.54) is 14.2 Å². The van der Waals surface area contributed by atoms with Gasteiger partial charge >= 0.3 is 11.9 Å². The molecule has 1 atom stereocenters. The molecule has 0 spiro atoms. The molecule has 3 aliphatic heterocycles. The molecule has 2 aromatic carbocycles. The predicted molar refractivity (Wildman–Crippen MR) is 115 cm³/mol. The number of methoxy groups -OCH3 is 2. The van der Waals surface area contributed by atoms with Crippen LogP contribution in [0.3, 0.4) is 0 Å². The zero-order valence-corrected chi connectivity index (χ0v) is 18.8. The van der Waals surface area contributed by atoms with Crippen molar-refractivity contribution in [2.24, 2.45) is 0 Å². The monoisotopic (exact) mass is 470 g/mol. The highest BCUT2D eigenvalue weighted by Gasteiger charge is 2.42. The van der Waals surface area contributed by atoms with Crippen LogP contribution in [0.1, 0.15) is 24.0 Å². The molecule has 3 heterocycles. The zero-order valence-electron chi connectivity index (χ0n) is 18.8. The molecule has 0 aromatic heterocycles.